The van der Waals surface area contributed by atoms with Crippen molar-refractivity contribution in [1.29, 1.82) is 0 Å². The van der Waals surface area contributed by atoms with Crippen molar-refractivity contribution < 1.29 is 53.7 Å². The Morgan fingerprint density at radius 2 is 1.77 bits per heavy atom. The number of carbonyl (C=O) groups is 2. The number of rotatable bonds is 10. The highest BCUT2D eigenvalue weighted by molar-refractivity contribution is 5.93. The lowest BCUT2D eigenvalue weighted by Crippen LogP contribution is -2.60. The van der Waals surface area contributed by atoms with Crippen molar-refractivity contribution in [1.82, 2.24) is 4.57 Å². The fourth-order valence-electron chi connectivity index (χ4n) is 5.20. The van der Waals surface area contributed by atoms with Gasteiger partial charge in [0.25, 0.3) is 0 Å². The van der Waals surface area contributed by atoms with Gasteiger partial charge in [-0.2, -0.15) is 0 Å². The van der Waals surface area contributed by atoms with Crippen LogP contribution in [0.4, 0.5) is 4.39 Å². The summed E-state index contributed by atoms with van der Waals surface area (Å²) in [6.07, 6.45) is -7.84. The number of benzene rings is 2. The van der Waals surface area contributed by atoms with Crippen molar-refractivity contribution in [2.24, 2.45) is 5.92 Å². The number of aryl methyl sites for hydroxylation is 1. The number of hydrogen-bond acceptors (Lipinski definition) is 9. The largest absolute Gasteiger partial charge is 0.496 e. The maximum atomic E-state index is 14.8. The fourth-order valence-corrected chi connectivity index (χ4v) is 5.20. The summed E-state index contributed by atoms with van der Waals surface area (Å²) in [5.41, 5.74) is 0.244. The molecular formula is C30H34FNO11. The smallest absolute Gasteiger partial charge is 0.341 e. The van der Waals surface area contributed by atoms with Gasteiger partial charge in [-0.3, -0.25) is 4.79 Å². The predicted octanol–water partition coefficient (Wildman–Crippen LogP) is 1.85. The summed E-state index contributed by atoms with van der Waals surface area (Å²) >= 11 is 0. The van der Waals surface area contributed by atoms with Gasteiger partial charge in [0.05, 0.1) is 25.3 Å². The number of hydrogen-bond donors (Lipinski definition) is 5. The van der Waals surface area contributed by atoms with Crippen molar-refractivity contribution in [2.45, 2.75) is 63.9 Å². The van der Waals surface area contributed by atoms with Crippen LogP contribution in [0.5, 0.6) is 5.75 Å². The number of methoxy groups -OCH3 is 1. The zero-order valence-electron chi connectivity index (χ0n) is 23.9. The number of nitrogens with zero attached hydrogens (tertiary/aromatic N) is 1. The quantitative estimate of drug-likeness (QED) is 0.228. The third-order valence-electron chi connectivity index (χ3n) is 7.69. The molecule has 12 nitrogen and oxygen atoms in total. The molecule has 0 spiro atoms. The maximum absolute atomic E-state index is 14.8. The van der Waals surface area contributed by atoms with Gasteiger partial charge in [-0.15, -0.1) is 0 Å². The van der Waals surface area contributed by atoms with Crippen LogP contribution in [0.1, 0.15) is 46.9 Å². The van der Waals surface area contributed by atoms with Gasteiger partial charge in [-0.05, 0) is 35.6 Å². The molecule has 1 aliphatic heterocycles. The molecule has 1 saturated heterocycles. The second-order valence-corrected chi connectivity index (χ2v) is 10.9. The molecule has 4 rings (SSSR count). The monoisotopic (exact) mass is 603 g/mol. The molecule has 1 aliphatic rings. The van der Waals surface area contributed by atoms with E-state index in [2.05, 4.69) is 0 Å². The van der Waals surface area contributed by atoms with Crippen LogP contribution in [-0.4, -0.2) is 86.5 Å². The second kappa shape index (κ2) is 12.8. The van der Waals surface area contributed by atoms with E-state index in [1.54, 1.807) is 45.0 Å². The Balaban J connectivity index is 1.80. The lowest BCUT2D eigenvalue weighted by atomic mass is 9.97. The first-order valence-electron chi connectivity index (χ1n) is 13.5. The highest BCUT2D eigenvalue weighted by atomic mass is 19.1. The Bertz CT molecular complexity index is 1590. The van der Waals surface area contributed by atoms with E-state index in [4.69, 9.17) is 14.2 Å². The van der Waals surface area contributed by atoms with E-state index in [1.165, 1.54) is 17.7 Å². The Labute approximate surface area is 245 Å². The molecule has 1 aromatic heterocycles. The van der Waals surface area contributed by atoms with E-state index in [1.807, 2.05) is 0 Å². The van der Waals surface area contributed by atoms with Crippen LogP contribution in [0.3, 0.4) is 0 Å². The van der Waals surface area contributed by atoms with Gasteiger partial charge in [-0.25, -0.2) is 14.0 Å². The van der Waals surface area contributed by atoms with Gasteiger partial charge in [0.1, 0.15) is 35.4 Å². The Morgan fingerprint density at radius 1 is 1.07 bits per heavy atom. The zero-order valence-corrected chi connectivity index (χ0v) is 23.9. The van der Waals surface area contributed by atoms with Crippen LogP contribution in [0, 0.1) is 18.7 Å². The SMILES string of the molecule is COc1cc2c(cc1Cc1cccc(C)c1F)c(=O)c(C(=O)O)cn2[C@H](CO[C@@H]1O[C@H](C(=O)O)[C@@H](O)[C@H](O)[C@H]1O)C(C)C. The van der Waals surface area contributed by atoms with Gasteiger partial charge in [0.15, 0.2) is 12.4 Å². The van der Waals surface area contributed by atoms with Crippen molar-refractivity contribution in [3.63, 3.8) is 0 Å². The highest BCUT2D eigenvalue weighted by Gasteiger charge is 2.47. The first-order valence-corrected chi connectivity index (χ1v) is 13.5. The van der Waals surface area contributed by atoms with Crippen molar-refractivity contribution in [2.75, 3.05) is 13.7 Å². The van der Waals surface area contributed by atoms with Crippen LogP contribution >= 0.6 is 0 Å². The molecule has 0 radical (unpaired) electrons. The summed E-state index contributed by atoms with van der Waals surface area (Å²) < 4.78 is 32.9. The minimum atomic E-state index is -1.90. The summed E-state index contributed by atoms with van der Waals surface area (Å²) in [6.45, 7) is 4.93. The molecule has 2 heterocycles. The molecule has 0 aliphatic carbocycles. The number of aliphatic carboxylic acids is 1. The molecule has 232 valence electrons. The minimum Gasteiger partial charge on any atom is -0.496 e. The van der Waals surface area contributed by atoms with Gasteiger partial charge in [0, 0.05) is 24.1 Å². The average Bonchev–Trinajstić information content (AvgIpc) is 2.95. The van der Waals surface area contributed by atoms with Gasteiger partial charge in [-0.1, -0.05) is 32.0 Å². The highest BCUT2D eigenvalue weighted by Crippen LogP contribution is 2.32. The lowest BCUT2D eigenvalue weighted by Gasteiger charge is -2.39. The van der Waals surface area contributed by atoms with Crippen LogP contribution in [0.2, 0.25) is 0 Å². The number of aliphatic hydroxyl groups excluding tert-OH is 3. The molecule has 6 atom stereocenters. The van der Waals surface area contributed by atoms with Crippen LogP contribution < -0.4 is 10.2 Å². The van der Waals surface area contributed by atoms with Crippen LogP contribution in [0.15, 0.2) is 41.3 Å². The summed E-state index contributed by atoms with van der Waals surface area (Å²) in [7, 11) is 1.41. The molecule has 0 amide bonds. The molecule has 0 unspecified atom stereocenters. The van der Waals surface area contributed by atoms with Crippen molar-refractivity contribution in [3.8, 4) is 5.75 Å². The normalized spacial score (nSPS) is 23.0. The number of aliphatic hydroxyl groups is 3. The standard InChI is InChI=1S/C30H34FNO11/c1-13(2)20(12-42-30-26(36)24(34)25(35)27(43-30)29(39)40)32-11-18(28(37)38)23(33)17-9-16(21(41-4)10-19(17)32)8-15-7-5-6-14(3)22(15)31/h5-7,9-11,13,20,24-27,30,34-36H,8,12H2,1-4H3,(H,37,38)(H,39,40)/t20-,24+,25+,26-,27+,30-/m1/s1. The van der Waals surface area contributed by atoms with Gasteiger partial charge < -0.3 is 44.3 Å². The van der Waals surface area contributed by atoms with E-state index in [-0.39, 0.29) is 29.8 Å². The average molecular weight is 604 g/mol. The minimum absolute atomic E-state index is 0.0350. The van der Waals surface area contributed by atoms with Crippen LogP contribution in [-0.2, 0) is 20.7 Å². The number of halogens is 1. The van der Waals surface area contributed by atoms with Crippen LogP contribution in [0.25, 0.3) is 10.9 Å². The van der Waals surface area contributed by atoms with Crippen molar-refractivity contribution in [3.05, 3.63) is 74.8 Å². The second-order valence-electron chi connectivity index (χ2n) is 10.9. The number of carboxylic acids is 2. The topological polar surface area (TPSA) is 185 Å². The Morgan fingerprint density at radius 3 is 2.37 bits per heavy atom. The third kappa shape index (κ3) is 6.26. The number of fused-ring (bicyclic) bond motifs is 1. The Hall–Kier alpha value is -3.88. The predicted molar refractivity (Wildman–Crippen MR) is 150 cm³/mol. The van der Waals surface area contributed by atoms with Gasteiger partial charge >= 0.3 is 11.9 Å². The summed E-state index contributed by atoms with van der Waals surface area (Å²) in [5, 5.41) is 49.7. The van der Waals surface area contributed by atoms with E-state index < -0.39 is 65.5 Å². The summed E-state index contributed by atoms with van der Waals surface area (Å²) in [5.74, 6) is -3.42. The number of aromatic carboxylic acids is 1. The molecular weight excluding hydrogens is 569 g/mol. The lowest BCUT2D eigenvalue weighted by molar-refractivity contribution is -0.296. The van der Waals surface area contributed by atoms with E-state index in [0.717, 1.165) is 6.20 Å². The number of carboxylic acid groups (broad SMARTS) is 2. The first-order chi connectivity index (χ1) is 20.3. The molecule has 3 aromatic rings. The third-order valence-corrected chi connectivity index (χ3v) is 7.69. The molecule has 2 aromatic carbocycles. The number of ether oxygens (including phenoxy) is 3. The summed E-state index contributed by atoms with van der Waals surface area (Å²) in [4.78, 5) is 37.0. The molecule has 1 fully saturated rings. The number of aromatic nitrogens is 1. The zero-order chi connectivity index (χ0) is 31.7. The maximum Gasteiger partial charge on any atom is 0.341 e. The molecule has 0 bridgehead atoms. The Kier molecular flexibility index (Phi) is 9.52. The molecule has 13 heteroatoms. The van der Waals surface area contributed by atoms with Crippen molar-refractivity contribution >= 4 is 22.8 Å². The fraction of sp³-hybridized carbons (Fsp3) is 0.433. The van der Waals surface area contributed by atoms with E-state index >= 15 is 0 Å². The molecule has 5 N–H and O–H groups in total. The van der Waals surface area contributed by atoms with E-state index in [9.17, 15) is 44.3 Å². The summed E-state index contributed by atoms with van der Waals surface area (Å²) in [6, 6.07) is 7.25. The molecule has 43 heavy (non-hydrogen) atoms. The first kappa shape index (κ1) is 32.0. The van der Waals surface area contributed by atoms with Gasteiger partial charge in [0.2, 0.25) is 5.43 Å². The number of pyridine rings is 1. The van der Waals surface area contributed by atoms with E-state index in [0.29, 0.717) is 22.4 Å². The molecule has 0 saturated carbocycles.